The minimum Gasteiger partial charge on any atom is -0.478 e. The number of carboxylic acids is 2. The Labute approximate surface area is 101 Å². The first-order valence-corrected chi connectivity index (χ1v) is 3.18. The van der Waals surface area contributed by atoms with Crippen molar-refractivity contribution in [3.05, 3.63) is 42.8 Å². The Hall–Kier alpha value is -1.09. The molecule has 0 amide bonds. The zero-order chi connectivity index (χ0) is 9.14. The molecule has 1 aromatic carbocycles. The van der Waals surface area contributed by atoms with Gasteiger partial charge in [0.2, 0.25) is 0 Å². The number of hydrogen-bond acceptors (Lipinski definition) is 2. The quantitative estimate of drug-likeness (QED) is 0.801. The molecule has 1 rings (SSSR count). The van der Waals surface area contributed by atoms with Crippen LogP contribution in [0.1, 0.15) is 20.7 Å². The minimum atomic E-state index is -1.23. The average Bonchev–Trinajstić information content (AvgIpc) is 2.04. The fourth-order valence-electron chi connectivity index (χ4n) is 0.856. The SMILES string of the molecule is O=C(O)c1ccccc1C(=O)O.[CH3+].[Zr]. The van der Waals surface area contributed by atoms with E-state index in [1.807, 2.05) is 0 Å². The van der Waals surface area contributed by atoms with Gasteiger partial charge in [-0.15, -0.1) is 0 Å². The zero-order valence-electron chi connectivity index (χ0n) is 7.52. The van der Waals surface area contributed by atoms with Crippen molar-refractivity contribution in [3.8, 4) is 0 Å². The summed E-state index contributed by atoms with van der Waals surface area (Å²) in [7, 11) is 0. The van der Waals surface area contributed by atoms with Crippen molar-refractivity contribution >= 4 is 11.9 Å². The maximum Gasteiger partial charge on any atom is 0.336 e. The standard InChI is InChI=1S/C8H6O4.CH3.Zr/c9-7(10)5-3-1-2-4-6(5)8(11)12;;/h1-4H,(H,9,10)(H,11,12);1H3;/q;+1;. The van der Waals surface area contributed by atoms with E-state index in [0.717, 1.165) is 0 Å². The summed E-state index contributed by atoms with van der Waals surface area (Å²) in [6, 6.07) is 5.48. The van der Waals surface area contributed by atoms with Crippen LogP contribution in [0.15, 0.2) is 24.3 Å². The van der Waals surface area contributed by atoms with Crippen molar-refractivity contribution in [1.29, 1.82) is 0 Å². The number of benzene rings is 1. The molecule has 0 aromatic heterocycles. The molecule has 0 aliphatic heterocycles. The molecule has 72 valence electrons. The van der Waals surface area contributed by atoms with Crippen LogP contribution in [-0.4, -0.2) is 22.2 Å². The van der Waals surface area contributed by atoms with Gasteiger partial charge in [-0.3, -0.25) is 0 Å². The van der Waals surface area contributed by atoms with Crippen molar-refractivity contribution in [1.82, 2.24) is 0 Å². The van der Waals surface area contributed by atoms with E-state index < -0.39 is 11.9 Å². The summed E-state index contributed by atoms with van der Waals surface area (Å²) in [5.41, 5.74) is -0.380. The third-order valence-corrected chi connectivity index (χ3v) is 1.39. The van der Waals surface area contributed by atoms with Gasteiger partial charge in [0, 0.05) is 33.6 Å². The molecular formula is C9H9O4Zr+. The molecule has 0 saturated carbocycles. The van der Waals surface area contributed by atoms with Crippen LogP contribution in [0, 0.1) is 7.43 Å². The topological polar surface area (TPSA) is 74.6 Å². The first-order chi connectivity index (χ1) is 5.63. The molecule has 0 unspecified atom stereocenters. The van der Waals surface area contributed by atoms with Crippen molar-refractivity contribution < 1.29 is 46.0 Å². The number of hydrogen-bond donors (Lipinski definition) is 2. The van der Waals surface area contributed by atoms with E-state index in [0.29, 0.717) is 0 Å². The van der Waals surface area contributed by atoms with Crippen LogP contribution >= 0.6 is 0 Å². The summed E-state index contributed by atoms with van der Waals surface area (Å²) in [5, 5.41) is 17.1. The molecule has 0 aliphatic carbocycles. The molecule has 0 aliphatic rings. The Bertz CT molecular complexity index is 302. The molecule has 0 atom stereocenters. The molecule has 5 heteroatoms. The maximum atomic E-state index is 10.5. The molecule has 0 fully saturated rings. The van der Waals surface area contributed by atoms with E-state index in [1.165, 1.54) is 24.3 Å². The van der Waals surface area contributed by atoms with Crippen LogP contribution in [0.5, 0.6) is 0 Å². The second-order valence-corrected chi connectivity index (χ2v) is 2.16. The molecule has 14 heavy (non-hydrogen) atoms. The third kappa shape index (κ3) is 3.34. The van der Waals surface area contributed by atoms with Gasteiger partial charge in [0.15, 0.2) is 0 Å². The van der Waals surface area contributed by atoms with Gasteiger partial charge in [-0.2, -0.15) is 0 Å². The molecule has 0 radical (unpaired) electrons. The van der Waals surface area contributed by atoms with Crippen LogP contribution in [0.2, 0.25) is 0 Å². The summed E-state index contributed by atoms with van der Waals surface area (Å²) in [5.74, 6) is -2.46. The van der Waals surface area contributed by atoms with Crippen LogP contribution in [0.4, 0.5) is 0 Å². The van der Waals surface area contributed by atoms with Crippen LogP contribution in [0.3, 0.4) is 0 Å². The van der Waals surface area contributed by atoms with Gasteiger partial charge in [0.25, 0.3) is 0 Å². The van der Waals surface area contributed by atoms with Crippen LogP contribution < -0.4 is 0 Å². The van der Waals surface area contributed by atoms with Crippen molar-refractivity contribution in [2.24, 2.45) is 0 Å². The Morgan fingerprint density at radius 3 is 1.43 bits per heavy atom. The average molecular weight is 272 g/mol. The first-order valence-electron chi connectivity index (χ1n) is 3.18. The van der Waals surface area contributed by atoms with Gasteiger partial charge in [-0.25, -0.2) is 9.59 Å². The Kier molecular flexibility index (Phi) is 7.01. The van der Waals surface area contributed by atoms with Gasteiger partial charge in [0.1, 0.15) is 0 Å². The molecule has 4 nitrogen and oxygen atoms in total. The number of carboxylic acid groups (broad SMARTS) is 2. The Balaban J connectivity index is 0. The second-order valence-electron chi connectivity index (χ2n) is 2.16. The fraction of sp³-hybridized carbons (Fsp3) is 0. The molecule has 0 spiro atoms. The van der Waals surface area contributed by atoms with Crippen molar-refractivity contribution in [3.63, 3.8) is 0 Å². The molecule has 1 aromatic rings. The molecule has 0 heterocycles. The zero-order valence-corrected chi connectivity index (χ0v) is 9.98. The smallest absolute Gasteiger partial charge is 0.336 e. The predicted molar refractivity (Wildman–Crippen MR) is 46.8 cm³/mol. The van der Waals surface area contributed by atoms with E-state index in [9.17, 15) is 9.59 Å². The monoisotopic (exact) mass is 271 g/mol. The van der Waals surface area contributed by atoms with Gasteiger partial charge in [-0.1, -0.05) is 12.1 Å². The molecular weight excluding hydrogens is 263 g/mol. The largest absolute Gasteiger partial charge is 0.478 e. The summed E-state index contributed by atoms with van der Waals surface area (Å²) in [6.07, 6.45) is 0. The Morgan fingerprint density at radius 2 is 1.21 bits per heavy atom. The summed E-state index contributed by atoms with van der Waals surface area (Å²) in [4.78, 5) is 20.9. The van der Waals surface area contributed by atoms with Crippen molar-refractivity contribution in [2.75, 3.05) is 0 Å². The van der Waals surface area contributed by atoms with E-state index in [1.54, 1.807) is 0 Å². The van der Waals surface area contributed by atoms with E-state index in [-0.39, 0.29) is 44.8 Å². The summed E-state index contributed by atoms with van der Waals surface area (Å²) < 4.78 is 0. The molecule has 0 saturated heterocycles. The fourth-order valence-corrected chi connectivity index (χ4v) is 0.856. The maximum absolute atomic E-state index is 10.5. The third-order valence-electron chi connectivity index (χ3n) is 1.39. The van der Waals surface area contributed by atoms with Gasteiger partial charge in [0.05, 0.1) is 11.1 Å². The first kappa shape index (κ1) is 15.4. The van der Waals surface area contributed by atoms with E-state index in [2.05, 4.69) is 0 Å². The predicted octanol–water partition coefficient (Wildman–Crippen LogP) is 1.53. The van der Waals surface area contributed by atoms with E-state index >= 15 is 0 Å². The Morgan fingerprint density at radius 1 is 0.929 bits per heavy atom. The van der Waals surface area contributed by atoms with Crippen molar-refractivity contribution in [2.45, 2.75) is 0 Å². The van der Waals surface area contributed by atoms with Gasteiger partial charge >= 0.3 is 11.9 Å². The normalized spacial score (nSPS) is 8.00. The number of aromatic carboxylic acids is 2. The van der Waals surface area contributed by atoms with Crippen LogP contribution in [-0.2, 0) is 26.2 Å². The van der Waals surface area contributed by atoms with Crippen LogP contribution in [0.25, 0.3) is 0 Å². The second kappa shape index (κ2) is 6.38. The summed E-state index contributed by atoms with van der Waals surface area (Å²) in [6.45, 7) is 0. The number of carbonyl (C=O) groups is 2. The number of rotatable bonds is 2. The molecule has 2 N–H and O–H groups in total. The minimum absolute atomic E-state index is 0. The van der Waals surface area contributed by atoms with E-state index in [4.69, 9.17) is 10.2 Å². The molecule has 0 bridgehead atoms. The van der Waals surface area contributed by atoms with Gasteiger partial charge in [-0.05, 0) is 12.1 Å². The van der Waals surface area contributed by atoms with Gasteiger partial charge < -0.3 is 10.2 Å². The summed E-state index contributed by atoms with van der Waals surface area (Å²) >= 11 is 0.